The van der Waals surface area contributed by atoms with Crippen molar-refractivity contribution in [2.45, 2.75) is 18.9 Å². The molecule has 1 aromatic carbocycles. The Bertz CT molecular complexity index is 684. The Kier molecular flexibility index (Phi) is 3.47. The molecule has 3 rings (SSSR count). The van der Waals surface area contributed by atoms with Crippen LogP contribution in [0.4, 0.5) is 11.4 Å². The van der Waals surface area contributed by atoms with Crippen molar-refractivity contribution in [3.63, 3.8) is 0 Å². The molecule has 0 radical (unpaired) electrons. The lowest BCUT2D eigenvalue weighted by molar-refractivity contribution is -0.383. The molecule has 1 fully saturated rings. The average Bonchev–Trinajstić information content (AvgIpc) is 3.31. The van der Waals surface area contributed by atoms with E-state index in [0.717, 1.165) is 5.69 Å². The number of anilines is 1. The van der Waals surface area contributed by atoms with Crippen molar-refractivity contribution in [1.82, 2.24) is 4.98 Å². The van der Waals surface area contributed by atoms with Gasteiger partial charge in [0.25, 0.3) is 5.69 Å². The van der Waals surface area contributed by atoms with Crippen molar-refractivity contribution in [3.05, 3.63) is 40.6 Å². The molecule has 2 N–H and O–H groups in total. The van der Waals surface area contributed by atoms with Crippen LogP contribution in [-0.2, 0) is 0 Å². The van der Waals surface area contributed by atoms with Gasteiger partial charge in [0.1, 0.15) is 5.52 Å². The molecule has 6 nitrogen and oxygen atoms in total. The number of nitrogens with zero attached hydrogens (tertiary/aromatic N) is 3. The highest BCUT2D eigenvalue weighted by atomic mass is 16.6. The van der Waals surface area contributed by atoms with Gasteiger partial charge in [0, 0.05) is 31.9 Å². The third-order valence-corrected chi connectivity index (χ3v) is 4.21. The maximum Gasteiger partial charge on any atom is 0.278 e. The van der Waals surface area contributed by atoms with E-state index in [1.807, 2.05) is 7.05 Å². The molecule has 1 unspecified atom stereocenters. The molecular formula is C15H18N4O2. The second-order valence-electron chi connectivity index (χ2n) is 5.51. The maximum atomic E-state index is 11.1. The van der Waals surface area contributed by atoms with Gasteiger partial charge in [0.2, 0.25) is 0 Å². The van der Waals surface area contributed by atoms with Crippen LogP contribution in [0, 0.1) is 16.0 Å². The molecule has 1 saturated carbocycles. The quantitative estimate of drug-likeness (QED) is 0.673. The van der Waals surface area contributed by atoms with Crippen LogP contribution in [0.2, 0.25) is 0 Å². The number of hydrogen-bond acceptors (Lipinski definition) is 5. The largest absolute Gasteiger partial charge is 0.368 e. The number of rotatable bonds is 5. The Morgan fingerprint density at radius 2 is 2.24 bits per heavy atom. The van der Waals surface area contributed by atoms with E-state index in [1.54, 1.807) is 30.5 Å². The zero-order valence-electron chi connectivity index (χ0n) is 11.9. The summed E-state index contributed by atoms with van der Waals surface area (Å²) in [6.07, 6.45) is 4.06. The molecule has 1 aromatic heterocycles. The fourth-order valence-electron chi connectivity index (χ4n) is 2.91. The fraction of sp³-hybridized carbons (Fsp3) is 0.400. The molecule has 110 valence electrons. The number of nitro groups is 1. The zero-order chi connectivity index (χ0) is 15.0. The summed E-state index contributed by atoms with van der Waals surface area (Å²) >= 11 is 0. The van der Waals surface area contributed by atoms with Gasteiger partial charge in [-0.05, 0) is 37.0 Å². The molecule has 1 heterocycles. The SMILES string of the molecule is CN(c1ccc([N+](=O)[O-])c2cccnc12)C(CN)C1CC1. The predicted octanol–water partition coefficient (Wildman–Crippen LogP) is 2.32. The Balaban J connectivity index is 2.10. The molecule has 0 saturated heterocycles. The second kappa shape index (κ2) is 5.29. The molecule has 0 aliphatic heterocycles. The van der Waals surface area contributed by atoms with E-state index in [2.05, 4.69) is 9.88 Å². The van der Waals surface area contributed by atoms with Crippen LogP contribution in [0.3, 0.4) is 0 Å². The van der Waals surface area contributed by atoms with Gasteiger partial charge >= 0.3 is 0 Å². The first kappa shape index (κ1) is 13.8. The highest BCUT2D eigenvalue weighted by Gasteiger charge is 2.34. The van der Waals surface area contributed by atoms with E-state index in [4.69, 9.17) is 5.73 Å². The number of non-ortho nitro benzene ring substituents is 1. The number of pyridine rings is 1. The van der Waals surface area contributed by atoms with Crippen LogP contribution < -0.4 is 10.6 Å². The average molecular weight is 286 g/mol. The van der Waals surface area contributed by atoms with Crippen molar-refractivity contribution in [1.29, 1.82) is 0 Å². The van der Waals surface area contributed by atoms with Gasteiger partial charge in [0.05, 0.1) is 16.0 Å². The van der Waals surface area contributed by atoms with E-state index in [1.165, 1.54) is 12.8 Å². The van der Waals surface area contributed by atoms with Crippen LogP contribution in [0.5, 0.6) is 0 Å². The number of hydrogen-bond donors (Lipinski definition) is 1. The molecule has 6 heteroatoms. The normalized spacial score (nSPS) is 15.9. The van der Waals surface area contributed by atoms with E-state index in [-0.39, 0.29) is 16.7 Å². The monoisotopic (exact) mass is 286 g/mol. The first-order valence-electron chi connectivity index (χ1n) is 7.08. The highest BCUT2D eigenvalue weighted by molar-refractivity contribution is 5.97. The van der Waals surface area contributed by atoms with Crippen molar-refractivity contribution in [2.75, 3.05) is 18.5 Å². The molecule has 1 aliphatic rings. The highest BCUT2D eigenvalue weighted by Crippen LogP contribution is 2.38. The summed E-state index contributed by atoms with van der Waals surface area (Å²) < 4.78 is 0. The first-order chi connectivity index (χ1) is 10.1. The zero-order valence-corrected chi connectivity index (χ0v) is 11.9. The third-order valence-electron chi connectivity index (χ3n) is 4.21. The summed E-state index contributed by atoms with van der Waals surface area (Å²) in [7, 11) is 1.99. The lowest BCUT2D eigenvalue weighted by Gasteiger charge is -2.29. The molecular weight excluding hydrogens is 268 g/mol. The van der Waals surface area contributed by atoms with E-state index >= 15 is 0 Å². The number of benzene rings is 1. The predicted molar refractivity (Wildman–Crippen MR) is 82.4 cm³/mol. The van der Waals surface area contributed by atoms with Crippen molar-refractivity contribution < 1.29 is 4.92 Å². The Morgan fingerprint density at radius 3 is 2.86 bits per heavy atom. The molecule has 1 aliphatic carbocycles. The van der Waals surface area contributed by atoms with Gasteiger partial charge in [-0.1, -0.05) is 0 Å². The number of nitrogens with two attached hydrogens (primary N) is 1. The summed E-state index contributed by atoms with van der Waals surface area (Å²) in [5, 5.41) is 11.7. The molecule has 0 bridgehead atoms. The minimum absolute atomic E-state index is 0.0889. The Hall–Kier alpha value is -2.21. The van der Waals surface area contributed by atoms with Crippen LogP contribution in [-0.4, -0.2) is 29.5 Å². The summed E-state index contributed by atoms with van der Waals surface area (Å²) in [5.74, 6) is 0.619. The van der Waals surface area contributed by atoms with Gasteiger partial charge in [-0.15, -0.1) is 0 Å². The van der Waals surface area contributed by atoms with E-state index < -0.39 is 0 Å². The van der Waals surface area contributed by atoms with Gasteiger partial charge in [-0.25, -0.2) is 0 Å². The summed E-state index contributed by atoms with van der Waals surface area (Å²) in [5.41, 5.74) is 7.55. The summed E-state index contributed by atoms with van der Waals surface area (Å²) in [4.78, 5) is 17.3. The van der Waals surface area contributed by atoms with Gasteiger partial charge in [-0.2, -0.15) is 0 Å². The van der Waals surface area contributed by atoms with Gasteiger partial charge in [-0.3, -0.25) is 15.1 Å². The lowest BCUT2D eigenvalue weighted by Crippen LogP contribution is -2.39. The van der Waals surface area contributed by atoms with E-state index in [9.17, 15) is 10.1 Å². The number of likely N-dealkylation sites (N-methyl/N-ethyl adjacent to an activating group) is 1. The first-order valence-corrected chi connectivity index (χ1v) is 7.08. The van der Waals surface area contributed by atoms with Crippen LogP contribution >= 0.6 is 0 Å². The number of nitro benzene ring substituents is 1. The van der Waals surface area contributed by atoms with Gasteiger partial charge < -0.3 is 10.6 Å². The minimum Gasteiger partial charge on any atom is -0.368 e. The fourth-order valence-corrected chi connectivity index (χ4v) is 2.91. The Labute approximate surface area is 122 Å². The van der Waals surface area contributed by atoms with Gasteiger partial charge in [0.15, 0.2) is 0 Å². The number of aromatic nitrogens is 1. The van der Waals surface area contributed by atoms with Crippen molar-refractivity contribution in [2.24, 2.45) is 11.7 Å². The maximum absolute atomic E-state index is 11.1. The third kappa shape index (κ3) is 2.42. The standard InChI is InChI=1S/C15H18N4O2/c1-18(14(9-16)10-4-5-10)13-7-6-12(19(20)21)11-3-2-8-17-15(11)13/h2-3,6-8,10,14H,4-5,9,16H2,1H3. The summed E-state index contributed by atoms with van der Waals surface area (Å²) in [6.45, 7) is 0.576. The second-order valence-corrected chi connectivity index (χ2v) is 5.51. The van der Waals surface area contributed by atoms with Crippen molar-refractivity contribution >= 4 is 22.3 Å². The minimum atomic E-state index is -0.366. The smallest absolute Gasteiger partial charge is 0.278 e. The van der Waals surface area contributed by atoms with Crippen LogP contribution in [0.15, 0.2) is 30.5 Å². The topological polar surface area (TPSA) is 85.3 Å². The molecule has 0 amide bonds. The Morgan fingerprint density at radius 1 is 1.48 bits per heavy atom. The molecule has 0 spiro atoms. The molecule has 2 aromatic rings. The molecule has 21 heavy (non-hydrogen) atoms. The number of fused-ring (bicyclic) bond motifs is 1. The van der Waals surface area contributed by atoms with Crippen molar-refractivity contribution in [3.8, 4) is 0 Å². The molecule has 1 atom stereocenters. The lowest BCUT2D eigenvalue weighted by atomic mass is 10.1. The van der Waals surface area contributed by atoms with Crippen LogP contribution in [0.25, 0.3) is 10.9 Å². The van der Waals surface area contributed by atoms with Crippen LogP contribution in [0.1, 0.15) is 12.8 Å². The van der Waals surface area contributed by atoms with E-state index in [0.29, 0.717) is 23.4 Å². The summed E-state index contributed by atoms with van der Waals surface area (Å²) in [6, 6.07) is 7.05.